The Morgan fingerprint density at radius 1 is 1.53 bits per heavy atom. The van der Waals surface area contributed by atoms with Crippen LogP contribution in [0.5, 0.6) is 0 Å². The second-order valence-corrected chi connectivity index (χ2v) is 4.96. The third kappa shape index (κ3) is 4.28. The molecule has 0 aromatic carbocycles. The van der Waals surface area contributed by atoms with E-state index in [1.807, 2.05) is 0 Å². The smallest absolute Gasteiger partial charge is 0.107 e. The van der Waals surface area contributed by atoms with Crippen LogP contribution in [0.15, 0.2) is 5.38 Å². The van der Waals surface area contributed by atoms with Crippen molar-refractivity contribution >= 4 is 11.3 Å². The van der Waals surface area contributed by atoms with Gasteiger partial charge in [-0.25, -0.2) is 4.98 Å². The molecular weight excluding hydrogens is 206 g/mol. The minimum atomic E-state index is 0.573. The summed E-state index contributed by atoms with van der Waals surface area (Å²) in [7, 11) is 2.13. The summed E-state index contributed by atoms with van der Waals surface area (Å²) in [5.74, 6) is 0. The molecule has 0 aliphatic heterocycles. The van der Waals surface area contributed by atoms with Crippen LogP contribution >= 0.6 is 11.3 Å². The molecule has 0 atom stereocenters. The molecule has 1 aromatic heterocycles. The summed E-state index contributed by atoms with van der Waals surface area (Å²) in [5.41, 5.74) is 1.18. The van der Waals surface area contributed by atoms with Gasteiger partial charge in [-0.05, 0) is 27.4 Å². The van der Waals surface area contributed by atoms with Gasteiger partial charge in [0.1, 0.15) is 5.01 Å². The fourth-order valence-corrected chi connectivity index (χ4v) is 1.93. The van der Waals surface area contributed by atoms with E-state index < -0.39 is 0 Å². The molecule has 0 saturated heterocycles. The Morgan fingerprint density at radius 2 is 2.27 bits per heavy atom. The monoisotopic (exact) mass is 227 g/mol. The Morgan fingerprint density at radius 3 is 2.87 bits per heavy atom. The van der Waals surface area contributed by atoms with Gasteiger partial charge in [0.25, 0.3) is 0 Å². The van der Waals surface area contributed by atoms with E-state index in [-0.39, 0.29) is 0 Å². The first kappa shape index (κ1) is 12.6. The van der Waals surface area contributed by atoms with Crippen LogP contribution in [-0.2, 0) is 13.1 Å². The largest absolute Gasteiger partial charge is 0.311 e. The summed E-state index contributed by atoms with van der Waals surface area (Å²) >= 11 is 1.74. The zero-order valence-electron chi connectivity index (χ0n) is 10.1. The quantitative estimate of drug-likeness (QED) is 0.806. The summed E-state index contributed by atoms with van der Waals surface area (Å²) in [6, 6.07) is 0.573. The molecule has 1 rings (SSSR count). The first-order valence-electron chi connectivity index (χ1n) is 5.47. The fourth-order valence-electron chi connectivity index (χ4n) is 1.17. The van der Waals surface area contributed by atoms with Gasteiger partial charge in [0, 0.05) is 24.5 Å². The van der Waals surface area contributed by atoms with Gasteiger partial charge >= 0.3 is 0 Å². The van der Waals surface area contributed by atoms with E-state index >= 15 is 0 Å². The van der Waals surface area contributed by atoms with Crippen LogP contribution in [0.2, 0.25) is 0 Å². The summed E-state index contributed by atoms with van der Waals surface area (Å²) in [6.45, 7) is 9.35. The summed E-state index contributed by atoms with van der Waals surface area (Å²) < 4.78 is 0. The zero-order valence-corrected chi connectivity index (χ0v) is 10.9. The van der Waals surface area contributed by atoms with Crippen molar-refractivity contribution in [1.82, 2.24) is 15.2 Å². The zero-order chi connectivity index (χ0) is 11.3. The molecule has 0 amide bonds. The number of hydrogen-bond donors (Lipinski definition) is 1. The molecule has 0 unspecified atom stereocenters. The number of rotatable bonds is 6. The topological polar surface area (TPSA) is 28.2 Å². The van der Waals surface area contributed by atoms with Gasteiger partial charge in [-0.15, -0.1) is 11.3 Å². The Bertz CT molecular complexity index is 283. The summed E-state index contributed by atoms with van der Waals surface area (Å²) in [6.07, 6.45) is 0. The van der Waals surface area contributed by atoms with E-state index in [0.717, 1.165) is 19.6 Å². The first-order valence-corrected chi connectivity index (χ1v) is 6.35. The maximum atomic E-state index is 4.58. The van der Waals surface area contributed by atoms with Crippen LogP contribution < -0.4 is 5.32 Å². The minimum absolute atomic E-state index is 0.573. The second kappa shape index (κ2) is 6.20. The van der Waals surface area contributed by atoms with Crippen molar-refractivity contribution in [2.75, 3.05) is 13.6 Å². The van der Waals surface area contributed by atoms with Gasteiger partial charge in [-0.3, -0.25) is 4.90 Å². The molecular formula is C11H21N3S. The molecule has 86 valence electrons. The lowest BCUT2D eigenvalue weighted by Gasteiger charge is -2.19. The number of aromatic nitrogens is 1. The van der Waals surface area contributed by atoms with E-state index in [4.69, 9.17) is 0 Å². The molecule has 3 nitrogen and oxygen atoms in total. The Labute approximate surface area is 96.5 Å². The van der Waals surface area contributed by atoms with E-state index in [9.17, 15) is 0 Å². The fraction of sp³-hybridized carbons (Fsp3) is 0.727. The van der Waals surface area contributed by atoms with Crippen molar-refractivity contribution in [2.45, 2.75) is 39.9 Å². The van der Waals surface area contributed by atoms with Gasteiger partial charge in [0.15, 0.2) is 0 Å². The Balaban J connectivity index is 2.45. The van der Waals surface area contributed by atoms with Crippen molar-refractivity contribution in [2.24, 2.45) is 0 Å². The van der Waals surface area contributed by atoms with Crippen LogP contribution in [0.1, 0.15) is 31.5 Å². The lowest BCUT2D eigenvalue weighted by molar-refractivity contribution is 0.263. The average Bonchev–Trinajstić information content (AvgIpc) is 2.62. The van der Waals surface area contributed by atoms with Crippen LogP contribution in [0.3, 0.4) is 0 Å². The van der Waals surface area contributed by atoms with Crippen molar-refractivity contribution in [3.8, 4) is 0 Å². The molecule has 1 aromatic rings. The van der Waals surface area contributed by atoms with Gasteiger partial charge in [-0.1, -0.05) is 6.92 Å². The minimum Gasteiger partial charge on any atom is -0.311 e. The predicted octanol–water partition coefficient (Wildman–Crippen LogP) is 2.09. The van der Waals surface area contributed by atoms with Crippen LogP contribution in [-0.4, -0.2) is 29.5 Å². The summed E-state index contributed by atoms with van der Waals surface area (Å²) in [5, 5.41) is 6.63. The summed E-state index contributed by atoms with van der Waals surface area (Å²) in [4.78, 5) is 6.88. The highest BCUT2D eigenvalue weighted by atomic mass is 32.1. The van der Waals surface area contributed by atoms with Crippen molar-refractivity contribution in [1.29, 1.82) is 0 Å². The Kier molecular flexibility index (Phi) is 5.22. The van der Waals surface area contributed by atoms with E-state index in [1.54, 1.807) is 11.3 Å². The van der Waals surface area contributed by atoms with Gasteiger partial charge in [0.05, 0.1) is 5.69 Å². The molecule has 1 N–H and O–H groups in total. The number of nitrogens with zero attached hydrogens (tertiary/aromatic N) is 2. The number of thiazole rings is 1. The highest BCUT2D eigenvalue weighted by Gasteiger charge is 2.07. The van der Waals surface area contributed by atoms with Crippen LogP contribution in [0.25, 0.3) is 0 Å². The van der Waals surface area contributed by atoms with Gasteiger partial charge < -0.3 is 5.32 Å². The molecule has 0 saturated carbocycles. The molecule has 0 aliphatic carbocycles. The third-order valence-electron chi connectivity index (χ3n) is 2.42. The van der Waals surface area contributed by atoms with Gasteiger partial charge in [0.2, 0.25) is 0 Å². The second-order valence-electron chi connectivity index (χ2n) is 4.02. The maximum absolute atomic E-state index is 4.58. The van der Waals surface area contributed by atoms with Gasteiger partial charge in [-0.2, -0.15) is 0 Å². The van der Waals surface area contributed by atoms with E-state index in [0.29, 0.717) is 6.04 Å². The molecule has 0 spiro atoms. The normalized spacial score (nSPS) is 11.6. The van der Waals surface area contributed by atoms with Crippen LogP contribution in [0, 0.1) is 0 Å². The molecule has 1 heterocycles. The highest BCUT2D eigenvalue weighted by Crippen LogP contribution is 2.12. The molecule has 4 heteroatoms. The lowest BCUT2D eigenvalue weighted by atomic mass is 10.3. The predicted molar refractivity (Wildman–Crippen MR) is 66.1 cm³/mol. The number of nitrogens with one attached hydrogen (secondary N) is 1. The molecule has 0 fully saturated rings. The first-order chi connectivity index (χ1) is 7.13. The SMILES string of the molecule is CCNCc1nc(CN(C)C(C)C)cs1. The van der Waals surface area contributed by atoms with E-state index in [2.05, 4.69) is 48.4 Å². The average molecular weight is 227 g/mol. The van der Waals surface area contributed by atoms with Crippen LogP contribution in [0.4, 0.5) is 0 Å². The molecule has 0 bridgehead atoms. The lowest BCUT2D eigenvalue weighted by Crippen LogP contribution is -2.25. The molecule has 0 aliphatic rings. The number of hydrogen-bond acceptors (Lipinski definition) is 4. The van der Waals surface area contributed by atoms with Crippen molar-refractivity contribution in [3.05, 3.63) is 16.1 Å². The molecule has 0 radical (unpaired) electrons. The molecule has 15 heavy (non-hydrogen) atoms. The third-order valence-corrected chi connectivity index (χ3v) is 3.32. The van der Waals surface area contributed by atoms with Crippen molar-refractivity contribution < 1.29 is 0 Å². The van der Waals surface area contributed by atoms with Crippen molar-refractivity contribution in [3.63, 3.8) is 0 Å². The maximum Gasteiger partial charge on any atom is 0.107 e. The standard InChI is InChI=1S/C11H21N3S/c1-5-12-6-11-13-10(8-15-11)7-14(4)9(2)3/h8-9,12H,5-7H2,1-4H3. The Hall–Kier alpha value is -0.450. The van der Waals surface area contributed by atoms with E-state index in [1.165, 1.54) is 10.7 Å². The highest BCUT2D eigenvalue weighted by molar-refractivity contribution is 7.09.